The number of nitrogens with one attached hydrogen (secondary N) is 2. The number of thiophene rings is 1. The van der Waals surface area contributed by atoms with Gasteiger partial charge in [0.1, 0.15) is 5.82 Å². The number of unbranched alkanes of at least 4 members (excludes halogenated alkanes) is 1. The third-order valence-corrected chi connectivity index (χ3v) is 8.82. The second-order valence-corrected chi connectivity index (χ2v) is 11.6. The van der Waals surface area contributed by atoms with E-state index in [-0.39, 0.29) is 36.5 Å². The number of halogens is 2. The van der Waals surface area contributed by atoms with Gasteiger partial charge in [-0.1, -0.05) is 55.6 Å². The van der Waals surface area contributed by atoms with Crippen LogP contribution < -0.4 is 5.32 Å². The van der Waals surface area contributed by atoms with Crippen LogP contribution in [-0.2, 0) is 4.79 Å². The number of aromatic amines is 1. The Kier molecular flexibility index (Phi) is 9.35. The SMILES string of the molecule is CCCC[C@H](c1ccc(C(=O)NCCC(=O)O)cc1)C(c1ccc(Cl)cc1)c1csc2c(-c3ccn[nH]3)cc(F)cc12. The van der Waals surface area contributed by atoms with Crippen molar-refractivity contribution in [1.29, 1.82) is 0 Å². The predicted molar refractivity (Wildman–Crippen MR) is 166 cm³/mol. The van der Waals surface area contributed by atoms with E-state index in [1.54, 1.807) is 41.8 Å². The van der Waals surface area contributed by atoms with Crippen molar-refractivity contribution in [2.45, 2.75) is 44.4 Å². The summed E-state index contributed by atoms with van der Waals surface area (Å²) in [7, 11) is 0. The highest BCUT2D eigenvalue weighted by atomic mass is 35.5. The van der Waals surface area contributed by atoms with E-state index in [4.69, 9.17) is 16.7 Å². The highest BCUT2D eigenvalue weighted by Crippen LogP contribution is 2.47. The minimum atomic E-state index is -0.963. The zero-order valence-corrected chi connectivity index (χ0v) is 24.6. The molecule has 5 aromatic rings. The van der Waals surface area contributed by atoms with E-state index in [0.29, 0.717) is 10.6 Å². The van der Waals surface area contributed by atoms with Gasteiger partial charge >= 0.3 is 5.97 Å². The summed E-state index contributed by atoms with van der Waals surface area (Å²) in [5.74, 6) is -1.66. The molecule has 0 spiro atoms. The first-order valence-corrected chi connectivity index (χ1v) is 15.2. The number of carboxylic acids is 1. The topological polar surface area (TPSA) is 95.1 Å². The molecule has 3 aromatic carbocycles. The average molecular weight is 604 g/mol. The molecule has 6 nitrogen and oxygen atoms in total. The van der Waals surface area contributed by atoms with Crippen molar-refractivity contribution < 1.29 is 19.1 Å². The number of fused-ring (bicyclic) bond motifs is 1. The smallest absolute Gasteiger partial charge is 0.305 e. The highest BCUT2D eigenvalue weighted by molar-refractivity contribution is 7.18. The normalized spacial score (nSPS) is 12.7. The van der Waals surface area contributed by atoms with Crippen LogP contribution in [0.2, 0.25) is 5.02 Å². The Bertz CT molecular complexity index is 1670. The van der Waals surface area contributed by atoms with Gasteiger partial charge in [0.25, 0.3) is 5.91 Å². The first-order valence-electron chi connectivity index (χ1n) is 13.9. The van der Waals surface area contributed by atoms with Crippen LogP contribution >= 0.6 is 22.9 Å². The van der Waals surface area contributed by atoms with E-state index in [9.17, 15) is 9.59 Å². The number of carboxylic acid groups (broad SMARTS) is 1. The van der Waals surface area contributed by atoms with Crippen molar-refractivity contribution in [1.82, 2.24) is 15.5 Å². The molecule has 216 valence electrons. The van der Waals surface area contributed by atoms with E-state index in [2.05, 4.69) is 27.8 Å². The fraction of sp³-hybridized carbons (Fsp3) is 0.242. The summed E-state index contributed by atoms with van der Waals surface area (Å²) in [4.78, 5) is 23.4. The van der Waals surface area contributed by atoms with Crippen molar-refractivity contribution in [3.63, 3.8) is 0 Å². The van der Waals surface area contributed by atoms with Gasteiger partial charge in [-0.15, -0.1) is 11.3 Å². The lowest BCUT2D eigenvalue weighted by Crippen LogP contribution is -2.26. The number of aromatic nitrogens is 2. The summed E-state index contributed by atoms with van der Waals surface area (Å²) in [6, 6.07) is 20.4. The van der Waals surface area contributed by atoms with Crippen molar-refractivity contribution >= 4 is 44.9 Å². The molecule has 0 aliphatic rings. The summed E-state index contributed by atoms with van der Waals surface area (Å²) < 4.78 is 16.1. The van der Waals surface area contributed by atoms with Crippen LogP contribution in [0.3, 0.4) is 0 Å². The molecule has 0 aliphatic heterocycles. The molecular weight excluding hydrogens is 573 g/mol. The minimum Gasteiger partial charge on any atom is -0.481 e. The molecule has 42 heavy (non-hydrogen) atoms. The van der Waals surface area contributed by atoms with E-state index in [1.165, 1.54) is 0 Å². The molecule has 2 atom stereocenters. The number of rotatable bonds is 12. The molecule has 2 aromatic heterocycles. The van der Waals surface area contributed by atoms with Gasteiger partial charge in [0, 0.05) is 39.5 Å². The van der Waals surface area contributed by atoms with Gasteiger partial charge in [-0.2, -0.15) is 5.10 Å². The summed E-state index contributed by atoms with van der Waals surface area (Å²) in [6.07, 6.45) is 4.41. The maximum absolute atomic E-state index is 15.1. The molecule has 1 amide bonds. The molecule has 1 unspecified atom stereocenters. The van der Waals surface area contributed by atoms with Crippen LogP contribution in [-0.4, -0.2) is 33.7 Å². The van der Waals surface area contributed by atoms with Crippen LogP contribution in [0.1, 0.15) is 71.5 Å². The second-order valence-electron chi connectivity index (χ2n) is 10.3. The van der Waals surface area contributed by atoms with Gasteiger partial charge < -0.3 is 10.4 Å². The Hall–Kier alpha value is -4.01. The van der Waals surface area contributed by atoms with Gasteiger partial charge in [-0.05, 0) is 82.3 Å². The van der Waals surface area contributed by atoms with E-state index >= 15 is 4.39 Å². The van der Waals surface area contributed by atoms with Gasteiger partial charge in [0.05, 0.1) is 12.1 Å². The number of carbonyl (C=O) groups excluding carboxylic acids is 1. The maximum atomic E-state index is 15.1. The monoisotopic (exact) mass is 603 g/mol. The first kappa shape index (κ1) is 29.5. The number of hydrogen-bond donors (Lipinski definition) is 3. The van der Waals surface area contributed by atoms with Gasteiger partial charge in [0.15, 0.2) is 0 Å². The predicted octanol–water partition coefficient (Wildman–Crippen LogP) is 8.39. The Morgan fingerprint density at radius 3 is 2.48 bits per heavy atom. The fourth-order valence-electron chi connectivity index (χ4n) is 5.48. The number of hydrogen-bond acceptors (Lipinski definition) is 4. The van der Waals surface area contributed by atoms with Gasteiger partial charge in [-0.3, -0.25) is 14.7 Å². The molecule has 0 radical (unpaired) electrons. The number of carbonyl (C=O) groups is 2. The summed E-state index contributed by atoms with van der Waals surface area (Å²) in [5, 5.41) is 22.2. The lowest BCUT2D eigenvalue weighted by atomic mass is 9.74. The molecule has 0 fully saturated rings. The standard InChI is InChI=1S/C33H31ClFN3O3S/c1-2-3-4-25(20-5-7-22(8-6-20)33(41)36-15-14-30(39)40)31(21-9-11-23(34)12-10-21)28-19-42-32-26(28)17-24(35)18-27(32)29-13-16-37-38-29/h5-13,16-19,25,31H,2-4,14-15H2,1H3,(H,36,41)(H,37,38)(H,39,40)/t25-,31?/m1/s1. The number of amides is 1. The largest absolute Gasteiger partial charge is 0.481 e. The lowest BCUT2D eigenvalue weighted by Gasteiger charge is -2.29. The van der Waals surface area contributed by atoms with Gasteiger partial charge in [0.2, 0.25) is 0 Å². The van der Waals surface area contributed by atoms with Crippen molar-refractivity contribution in [2.24, 2.45) is 0 Å². The molecule has 9 heteroatoms. The van der Waals surface area contributed by atoms with Crippen molar-refractivity contribution in [3.05, 3.63) is 111 Å². The average Bonchev–Trinajstić information content (AvgIpc) is 3.66. The van der Waals surface area contributed by atoms with E-state index < -0.39 is 5.97 Å². The highest BCUT2D eigenvalue weighted by Gasteiger charge is 2.29. The number of aliphatic carboxylic acids is 1. The summed E-state index contributed by atoms with van der Waals surface area (Å²) in [6.45, 7) is 2.22. The molecule has 3 N–H and O–H groups in total. The zero-order valence-electron chi connectivity index (χ0n) is 23.1. The molecule has 2 heterocycles. The third kappa shape index (κ3) is 6.55. The summed E-state index contributed by atoms with van der Waals surface area (Å²) >= 11 is 7.88. The molecule has 5 rings (SSSR count). The Morgan fingerprint density at radius 2 is 1.81 bits per heavy atom. The molecule has 0 bridgehead atoms. The van der Waals surface area contributed by atoms with Crippen LogP contribution in [0.4, 0.5) is 4.39 Å². The van der Waals surface area contributed by atoms with Crippen molar-refractivity contribution in [3.8, 4) is 11.3 Å². The maximum Gasteiger partial charge on any atom is 0.305 e. The molecule has 0 saturated heterocycles. The van der Waals surface area contributed by atoms with Crippen molar-refractivity contribution in [2.75, 3.05) is 6.54 Å². The fourth-order valence-corrected chi connectivity index (χ4v) is 6.73. The van der Waals surface area contributed by atoms with Crippen LogP contribution in [0, 0.1) is 5.82 Å². The molecule has 0 aliphatic carbocycles. The van der Waals surface area contributed by atoms with Crippen LogP contribution in [0.5, 0.6) is 0 Å². The number of nitrogens with zero attached hydrogens (tertiary/aromatic N) is 1. The number of benzene rings is 3. The first-order chi connectivity index (χ1) is 20.4. The zero-order chi connectivity index (χ0) is 29.6. The minimum absolute atomic E-state index is 0.0342. The third-order valence-electron chi connectivity index (χ3n) is 7.52. The Labute approximate surface area is 252 Å². The molecule has 0 saturated carbocycles. The van der Waals surface area contributed by atoms with Crippen LogP contribution in [0.25, 0.3) is 21.3 Å². The van der Waals surface area contributed by atoms with Gasteiger partial charge in [-0.25, -0.2) is 4.39 Å². The Balaban J connectivity index is 1.59. The summed E-state index contributed by atoms with van der Waals surface area (Å²) in [5.41, 5.74) is 5.17. The van der Waals surface area contributed by atoms with Crippen LogP contribution in [0.15, 0.2) is 78.3 Å². The van der Waals surface area contributed by atoms with E-state index in [0.717, 1.165) is 57.3 Å². The van der Waals surface area contributed by atoms with E-state index in [1.807, 2.05) is 42.5 Å². The quantitative estimate of drug-likeness (QED) is 0.133. The molecular formula is C33H31ClFN3O3S. The number of H-pyrrole nitrogens is 1. The second kappa shape index (κ2) is 13.3. The lowest BCUT2D eigenvalue weighted by molar-refractivity contribution is -0.136. The Morgan fingerprint density at radius 1 is 1.07 bits per heavy atom.